The first-order valence-electron chi connectivity index (χ1n) is 10.2. The summed E-state index contributed by atoms with van der Waals surface area (Å²) >= 11 is 0. The van der Waals surface area contributed by atoms with Crippen molar-refractivity contribution in [2.75, 3.05) is 20.8 Å². The lowest BCUT2D eigenvalue weighted by molar-refractivity contribution is -0.192. The van der Waals surface area contributed by atoms with Crippen LogP contribution in [0.25, 0.3) is 33.3 Å². The number of halogens is 3. The molecule has 0 spiro atoms. The zero-order valence-corrected chi connectivity index (χ0v) is 19.3. The Morgan fingerprint density at radius 3 is 2.47 bits per heavy atom. The van der Waals surface area contributed by atoms with Crippen LogP contribution in [-0.4, -0.2) is 68.6 Å². The molecule has 0 saturated heterocycles. The van der Waals surface area contributed by atoms with Crippen LogP contribution in [0.3, 0.4) is 0 Å². The molecule has 14 heteroatoms. The second-order valence-corrected chi connectivity index (χ2v) is 7.44. The van der Waals surface area contributed by atoms with Crippen molar-refractivity contribution in [3.05, 3.63) is 36.2 Å². The van der Waals surface area contributed by atoms with Crippen molar-refractivity contribution in [1.82, 2.24) is 24.8 Å². The summed E-state index contributed by atoms with van der Waals surface area (Å²) in [5.74, 6) is -2.66. The van der Waals surface area contributed by atoms with Gasteiger partial charge in [0.1, 0.15) is 11.2 Å². The van der Waals surface area contributed by atoms with Crippen LogP contribution in [0.4, 0.5) is 13.2 Å². The van der Waals surface area contributed by atoms with E-state index in [4.69, 9.17) is 24.5 Å². The number of carbonyl (C=O) groups is 2. The highest BCUT2D eigenvalue weighted by atomic mass is 19.4. The van der Waals surface area contributed by atoms with E-state index in [-0.39, 0.29) is 6.54 Å². The number of aryl methyl sites for hydroxylation is 1. The first-order valence-corrected chi connectivity index (χ1v) is 10.2. The summed E-state index contributed by atoms with van der Waals surface area (Å²) in [7, 11) is 5.09. The standard InChI is InChI=1S/C20H21N5O4.C2HF3O2/c1-25-10-13(18-15(25)7-16(28-2)20(24-18)29-3)14-6-12-11(8-21-9-17(26)27)4-5-22-19(12)23-14;3-2(4,5)1(6)7/h4-7,10,21H,8-9H2,1-3H3,(H,22,23)(H,26,27);(H,6,7). The molecule has 0 atom stereocenters. The van der Waals surface area contributed by atoms with Crippen LogP contribution in [-0.2, 0) is 23.2 Å². The van der Waals surface area contributed by atoms with Gasteiger partial charge in [-0.3, -0.25) is 4.79 Å². The molecule has 36 heavy (non-hydrogen) atoms. The molecule has 0 aliphatic carbocycles. The van der Waals surface area contributed by atoms with Crippen LogP contribution >= 0.6 is 0 Å². The number of fused-ring (bicyclic) bond motifs is 2. The SMILES string of the molecule is COc1cc2c(nc1OC)c(-c1cc3c(CNCC(=O)O)ccnc3[nH]1)cn2C.O=C(O)C(F)(F)F. The van der Waals surface area contributed by atoms with Gasteiger partial charge in [-0.1, -0.05) is 0 Å². The third-order valence-corrected chi connectivity index (χ3v) is 5.05. The fourth-order valence-corrected chi connectivity index (χ4v) is 3.43. The summed E-state index contributed by atoms with van der Waals surface area (Å²) in [4.78, 5) is 32.0. The lowest BCUT2D eigenvalue weighted by Gasteiger charge is -2.07. The summed E-state index contributed by atoms with van der Waals surface area (Å²) in [6, 6.07) is 5.78. The van der Waals surface area contributed by atoms with E-state index in [1.807, 2.05) is 36.0 Å². The first-order chi connectivity index (χ1) is 17.0. The van der Waals surface area contributed by atoms with Gasteiger partial charge < -0.3 is 34.6 Å². The largest absolute Gasteiger partial charge is 0.491 e. The van der Waals surface area contributed by atoms with Gasteiger partial charge in [-0.25, -0.2) is 14.8 Å². The van der Waals surface area contributed by atoms with Crippen molar-refractivity contribution >= 4 is 34.0 Å². The van der Waals surface area contributed by atoms with E-state index >= 15 is 0 Å². The number of rotatable bonds is 7. The predicted molar refractivity (Wildman–Crippen MR) is 122 cm³/mol. The molecule has 4 aromatic heterocycles. The number of alkyl halides is 3. The third-order valence-electron chi connectivity index (χ3n) is 5.05. The van der Waals surface area contributed by atoms with E-state index in [2.05, 4.69) is 20.3 Å². The molecule has 4 heterocycles. The van der Waals surface area contributed by atoms with E-state index in [0.717, 1.165) is 38.9 Å². The molecule has 0 fully saturated rings. The molecule has 0 radical (unpaired) electrons. The zero-order chi connectivity index (χ0) is 26.6. The van der Waals surface area contributed by atoms with Crippen molar-refractivity contribution < 1.29 is 42.4 Å². The maximum absolute atomic E-state index is 10.8. The first kappa shape index (κ1) is 26.3. The smallest absolute Gasteiger partial charge is 0.490 e. The number of hydrogen-bond acceptors (Lipinski definition) is 7. The molecular formula is C22H22F3N5O6. The topological polar surface area (TPSA) is 152 Å². The van der Waals surface area contributed by atoms with Gasteiger partial charge in [0.15, 0.2) is 5.75 Å². The monoisotopic (exact) mass is 509 g/mol. The molecule has 4 aromatic rings. The number of pyridine rings is 2. The Balaban J connectivity index is 0.000000454. The number of ether oxygens (including phenoxy) is 2. The number of nitrogens with one attached hydrogen (secondary N) is 2. The number of H-pyrrole nitrogens is 1. The Labute approximate surface area is 201 Å². The maximum Gasteiger partial charge on any atom is 0.490 e. The number of aromatic nitrogens is 4. The third kappa shape index (κ3) is 5.66. The summed E-state index contributed by atoms with van der Waals surface area (Å²) in [5, 5.41) is 19.8. The van der Waals surface area contributed by atoms with Gasteiger partial charge in [-0.05, 0) is 17.7 Å². The van der Waals surface area contributed by atoms with E-state index in [1.54, 1.807) is 20.4 Å². The zero-order valence-electron chi connectivity index (χ0n) is 19.3. The van der Waals surface area contributed by atoms with Crippen LogP contribution in [0.15, 0.2) is 30.6 Å². The van der Waals surface area contributed by atoms with E-state index < -0.39 is 18.1 Å². The van der Waals surface area contributed by atoms with Crippen LogP contribution in [0.1, 0.15) is 5.56 Å². The normalized spacial score (nSPS) is 11.3. The molecule has 0 bridgehead atoms. The van der Waals surface area contributed by atoms with Crippen LogP contribution in [0, 0.1) is 0 Å². The van der Waals surface area contributed by atoms with E-state index in [9.17, 15) is 18.0 Å². The Morgan fingerprint density at radius 1 is 1.19 bits per heavy atom. The molecule has 0 aliphatic heterocycles. The highest BCUT2D eigenvalue weighted by Crippen LogP contribution is 2.36. The molecule has 0 saturated carbocycles. The number of aromatic amines is 1. The number of methoxy groups -OCH3 is 2. The average Bonchev–Trinajstić information content (AvgIpc) is 3.39. The Hall–Kier alpha value is -4.33. The number of carboxylic acids is 2. The molecular weight excluding hydrogens is 487 g/mol. The average molecular weight is 509 g/mol. The second kappa shape index (κ2) is 10.5. The quantitative estimate of drug-likeness (QED) is 0.295. The van der Waals surface area contributed by atoms with Crippen molar-refractivity contribution in [2.45, 2.75) is 12.7 Å². The molecule has 0 aromatic carbocycles. The van der Waals surface area contributed by atoms with Crippen molar-refractivity contribution in [1.29, 1.82) is 0 Å². The van der Waals surface area contributed by atoms with Gasteiger partial charge in [-0.2, -0.15) is 13.2 Å². The van der Waals surface area contributed by atoms with Gasteiger partial charge in [0, 0.05) is 43.0 Å². The summed E-state index contributed by atoms with van der Waals surface area (Å²) in [6.45, 7) is 0.331. The summed E-state index contributed by atoms with van der Waals surface area (Å²) in [6.07, 6.45) is -1.39. The number of carboxylic acid groups (broad SMARTS) is 2. The minimum atomic E-state index is -5.08. The van der Waals surface area contributed by atoms with Crippen LogP contribution < -0.4 is 14.8 Å². The van der Waals surface area contributed by atoms with Gasteiger partial charge in [-0.15, -0.1) is 0 Å². The van der Waals surface area contributed by atoms with Gasteiger partial charge in [0.2, 0.25) is 0 Å². The molecule has 0 unspecified atom stereocenters. The highest BCUT2D eigenvalue weighted by molar-refractivity contribution is 5.96. The van der Waals surface area contributed by atoms with Gasteiger partial charge in [0.25, 0.3) is 5.88 Å². The molecule has 0 amide bonds. The van der Waals surface area contributed by atoms with Gasteiger partial charge >= 0.3 is 18.1 Å². The molecule has 0 aliphatic rings. The van der Waals surface area contributed by atoms with Gasteiger partial charge in [0.05, 0.1) is 32.0 Å². The highest BCUT2D eigenvalue weighted by Gasteiger charge is 2.38. The Kier molecular flexibility index (Phi) is 7.68. The molecule has 192 valence electrons. The van der Waals surface area contributed by atoms with E-state index in [0.29, 0.717) is 18.2 Å². The number of nitrogens with zero attached hydrogens (tertiary/aromatic N) is 3. The fraction of sp³-hybridized carbons (Fsp3) is 0.273. The Bertz CT molecular complexity index is 1410. The van der Waals surface area contributed by atoms with Crippen LogP contribution in [0.5, 0.6) is 11.6 Å². The minimum Gasteiger partial charge on any atom is -0.491 e. The Morgan fingerprint density at radius 2 is 1.89 bits per heavy atom. The minimum absolute atomic E-state index is 0.101. The number of hydrogen-bond donors (Lipinski definition) is 4. The lowest BCUT2D eigenvalue weighted by Crippen LogP contribution is -2.21. The lowest BCUT2D eigenvalue weighted by atomic mass is 10.1. The second-order valence-electron chi connectivity index (χ2n) is 7.44. The molecule has 4 rings (SSSR count). The molecule has 11 nitrogen and oxygen atoms in total. The molecule has 4 N–H and O–H groups in total. The van der Waals surface area contributed by atoms with Crippen LogP contribution in [0.2, 0.25) is 0 Å². The van der Waals surface area contributed by atoms with Crippen molar-refractivity contribution in [2.24, 2.45) is 7.05 Å². The number of aliphatic carboxylic acids is 2. The summed E-state index contributed by atoms with van der Waals surface area (Å²) < 4.78 is 44.4. The predicted octanol–water partition coefficient (Wildman–Crippen LogP) is 2.94. The van der Waals surface area contributed by atoms with E-state index in [1.165, 1.54) is 0 Å². The van der Waals surface area contributed by atoms with Crippen molar-refractivity contribution in [3.8, 4) is 22.9 Å². The fourth-order valence-electron chi connectivity index (χ4n) is 3.43. The summed E-state index contributed by atoms with van der Waals surface area (Å²) in [5.41, 5.74) is 5.16. The maximum atomic E-state index is 10.8. The van der Waals surface area contributed by atoms with Crippen molar-refractivity contribution in [3.63, 3.8) is 0 Å².